The van der Waals surface area contributed by atoms with Crippen LogP contribution in [0.25, 0.3) is 0 Å². The van der Waals surface area contributed by atoms with Gasteiger partial charge in [0.25, 0.3) is 0 Å². The number of aromatic carboxylic acids is 1. The quantitative estimate of drug-likeness (QED) is 0.855. The molecule has 5 nitrogen and oxygen atoms in total. The summed E-state index contributed by atoms with van der Waals surface area (Å²) >= 11 is 0. The van der Waals surface area contributed by atoms with Gasteiger partial charge < -0.3 is 15.7 Å². The van der Waals surface area contributed by atoms with Crippen molar-refractivity contribution in [2.45, 2.75) is 33.6 Å². The summed E-state index contributed by atoms with van der Waals surface area (Å²) in [6, 6.07) is 1.61. The Kier molecular flexibility index (Phi) is 3.39. The fourth-order valence-electron chi connectivity index (χ4n) is 2.50. The standard InChI is InChI=1S/C14H21N3O2/c1-9-8-10(15)16-12(11(9)13(18)19)17-6-4-14(2,3)5-7-17/h8H,4-7H2,1-3H3,(H2,15,16)(H,18,19). The fraction of sp³-hybridized carbons (Fsp3) is 0.571. The van der Waals surface area contributed by atoms with E-state index in [0.29, 0.717) is 22.6 Å². The predicted molar refractivity (Wildman–Crippen MR) is 75.6 cm³/mol. The number of nitrogens with zero attached hydrogens (tertiary/aromatic N) is 2. The molecule has 5 heteroatoms. The number of carboxylic acid groups (broad SMARTS) is 1. The van der Waals surface area contributed by atoms with Crippen LogP contribution in [0.15, 0.2) is 6.07 Å². The third-order valence-corrected chi connectivity index (χ3v) is 3.85. The molecule has 3 N–H and O–H groups in total. The zero-order chi connectivity index (χ0) is 14.2. The highest BCUT2D eigenvalue weighted by molar-refractivity contribution is 5.95. The molecule has 0 unspecified atom stereocenters. The van der Waals surface area contributed by atoms with Crippen molar-refractivity contribution in [3.05, 3.63) is 17.2 Å². The van der Waals surface area contributed by atoms with E-state index >= 15 is 0 Å². The second-order valence-electron chi connectivity index (χ2n) is 6.02. The van der Waals surface area contributed by atoms with Crippen LogP contribution >= 0.6 is 0 Å². The summed E-state index contributed by atoms with van der Waals surface area (Å²) in [4.78, 5) is 17.7. The number of hydrogen-bond donors (Lipinski definition) is 2. The zero-order valence-electron chi connectivity index (χ0n) is 11.7. The molecule has 0 aliphatic carbocycles. The number of pyridine rings is 1. The molecule has 2 rings (SSSR count). The molecule has 0 aromatic carbocycles. The van der Waals surface area contributed by atoms with Gasteiger partial charge >= 0.3 is 5.97 Å². The van der Waals surface area contributed by atoms with Gasteiger partial charge in [-0.1, -0.05) is 13.8 Å². The number of nitrogen functional groups attached to an aromatic ring is 1. The van der Waals surface area contributed by atoms with E-state index in [1.165, 1.54) is 0 Å². The van der Waals surface area contributed by atoms with Crippen molar-refractivity contribution in [2.24, 2.45) is 5.41 Å². The Morgan fingerprint density at radius 1 is 1.42 bits per heavy atom. The van der Waals surface area contributed by atoms with Gasteiger partial charge in [-0.3, -0.25) is 0 Å². The number of nitrogens with two attached hydrogens (primary N) is 1. The van der Waals surface area contributed by atoms with Gasteiger partial charge in [-0.05, 0) is 36.8 Å². The normalized spacial score (nSPS) is 18.4. The molecule has 2 heterocycles. The van der Waals surface area contributed by atoms with Crippen molar-refractivity contribution >= 4 is 17.6 Å². The second kappa shape index (κ2) is 4.72. The van der Waals surface area contributed by atoms with Gasteiger partial charge in [0.1, 0.15) is 17.2 Å². The summed E-state index contributed by atoms with van der Waals surface area (Å²) < 4.78 is 0. The minimum atomic E-state index is -0.940. The van der Waals surface area contributed by atoms with Crippen LogP contribution < -0.4 is 10.6 Å². The van der Waals surface area contributed by atoms with Crippen LogP contribution in [0.2, 0.25) is 0 Å². The summed E-state index contributed by atoms with van der Waals surface area (Å²) in [6.07, 6.45) is 2.06. The molecule has 0 atom stereocenters. The van der Waals surface area contributed by atoms with E-state index in [4.69, 9.17) is 5.73 Å². The Bertz CT molecular complexity index is 502. The Hall–Kier alpha value is -1.78. The number of carboxylic acids is 1. The number of aryl methyl sites for hydroxylation is 1. The van der Waals surface area contributed by atoms with Crippen LogP contribution in [0, 0.1) is 12.3 Å². The van der Waals surface area contributed by atoms with Crippen molar-refractivity contribution in [2.75, 3.05) is 23.7 Å². The number of carbonyl (C=O) groups is 1. The van der Waals surface area contributed by atoms with Gasteiger partial charge in [0.15, 0.2) is 0 Å². The predicted octanol–water partition coefficient (Wildman–Crippen LogP) is 2.30. The monoisotopic (exact) mass is 263 g/mol. The van der Waals surface area contributed by atoms with Crippen LogP contribution in [0.5, 0.6) is 0 Å². The molecule has 1 aliphatic heterocycles. The highest BCUT2D eigenvalue weighted by Crippen LogP contribution is 2.33. The molecule has 0 saturated carbocycles. The lowest BCUT2D eigenvalue weighted by atomic mass is 9.82. The lowest BCUT2D eigenvalue weighted by molar-refractivity contribution is 0.0696. The van der Waals surface area contributed by atoms with Crippen LogP contribution in [-0.2, 0) is 0 Å². The maximum Gasteiger partial charge on any atom is 0.339 e. The van der Waals surface area contributed by atoms with Gasteiger partial charge in [0.2, 0.25) is 0 Å². The number of aromatic nitrogens is 1. The minimum absolute atomic E-state index is 0.272. The van der Waals surface area contributed by atoms with Crippen molar-refractivity contribution in [3.63, 3.8) is 0 Å². The van der Waals surface area contributed by atoms with E-state index in [9.17, 15) is 9.90 Å². The highest BCUT2D eigenvalue weighted by Gasteiger charge is 2.29. The molecule has 19 heavy (non-hydrogen) atoms. The Morgan fingerprint density at radius 3 is 2.53 bits per heavy atom. The third kappa shape index (κ3) is 2.80. The first-order valence-electron chi connectivity index (χ1n) is 6.55. The van der Waals surface area contributed by atoms with Gasteiger partial charge in [-0.15, -0.1) is 0 Å². The lowest BCUT2D eigenvalue weighted by Gasteiger charge is -2.38. The fourth-order valence-corrected chi connectivity index (χ4v) is 2.50. The van der Waals surface area contributed by atoms with Crippen LogP contribution in [-0.4, -0.2) is 29.1 Å². The topological polar surface area (TPSA) is 79.5 Å². The number of hydrogen-bond acceptors (Lipinski definition) is 4. The molecule has 0 radical (unpaired) electrons. The van der Waals surface area contributed by atoms with Gasteiger partial charge in [0, 0.05) is 13.1 Å². The first-order chi connectivity index (χ1) is 8.80. The average Bonchev–Trinajstić information content (AvgIpc) is 2.26. The van der Waals surface area contributed by atoms with Gasteiger partial charge in [0.05, 0.1) is 0 Å². The molecule has 1 fully saturated rings. The van der Waals surface area contributed by atoms with E-state index in [2.05, 4.69) is 18.8 Å². The molecule has 0 spiro atoms. The maximum atomic E-state index is 11.4. The maximum absolute atomic E-state index is 11.4. The van der Waals surface area contributed by atoms with Crippen LogP contribution in [0.4, 0.5) is 11.6 Å². The van der Waals surface area contributed by atoms with Crippen molar-refractivity contribution in [3.8, 4) is 0 Å². The first kappa shape index (κ1) is 13.6. The lowest BCUT2D eigenvalue weighted by Crippen LogP contribution is -2.38. The zero-order valence-corrected chi connectivity index (χ0v) is 11.7. The van der Waals surface area contributed by atoms with Gasteiger partial charge in [-0.2, -0.15) is 0 Å². The molecule has 104 valence electrons. The van der Waals surface area contributed by atoms with Crippen LogP contribution in [0.1, 0.15) is 42.6 Å². The molecule has 1 aliphatic rings. The number of anilines is 2. The average molecular weight is 263 g/mol. The molecule has 0 amide bonds. The Morgan fingerprint density at radius 2 is 2.00 bits per heavy atom. The molecule has 1 aromatic rings. The minimum Gasteiger partial charge on any atom is -0.478 e. The smallest absolute Gasteiger partial charge is 0.339 e. The summed E-state index contributed by atoms with van der Waals surface area (Å²) in [5, 5.41) is 9.36. The Balaban J connectivity index is 2.37. The Labute approximate surface area is 113 Å². The second-order valence-corrected chi connectivity index (χ2v) is 6.02. The highest BCUT2D eigenvalue weighted by atomic mass is 16.4. The summed E-state index contributed by atoms with van der Waals surface area (Å²) in [5.41, 5.74) is 7.01. The molecular weight excluding hydrogens is 242 g/mol. The first-order valence-corrected chi connectivity index (χ1v) is 6.55. The summed E-state index contributed by atoms with van der Waals surface area (Å²) in [5.74, 6) is -0.0485. The van der Waals surface area contributed by atoms with E-state index in [1.807, 2.05) is 4.90 Å². The van der Waals surface area contributed by atoms with E-state index in [-0.39, 0.29) is 5.56 Å². The third-order valence-electron chi connectivity index (χ3n) is 3.85. The van der Waals surface area contributed by atoms with E-state index in [1.54, 1.807) is 13.0 Å². The molecular formula is C14H21N3O2. The molecule has 0 bridgehead atoms. The molecule has 1 saturated heterocycles. The molecule has 1 aromatic heterocycles. The summed E-state index contributed by atoms with van der Waals surface area (Å²) in [7, 11) is 0. The SMILES string of the molecule is Cc1cc(N)nc(N2CCC(C)(C)CC2)c1C(=O)O. The van der Waals surface area contributed by atoms with E-state index in [0.717, 1.165) is 25.9 Å². The van der Waals surface area contributed by atoms with Crippen molar-refractivity contribution in [1.29, 1.82) is 0 Å². The van der Waals surface area contributed by atoms with Gasteiger partial charge in [-0.25, -0.2) is 9.78 Å². The number of rotatable bonds is 2. The largest absolute Gasteiger partial charge is 0.478 e. The van der Waals surface area contributed by atoms with E-state index < -0.39 is 5.97 Å². The number of piperidine rings is 1. The van der Waals surface area contributed by atoms with Crippen LogP contribution in [0.3, 0.4) is 0 Å². The van der Waals surface area contributed by atoms with Crippen molar-refractivity contribution in [1.82, 2.24) is 4.98 Å². The summed E-state index contributed by atoms with van der Waals surface area (Å²) in [6.45, 7) is 7.88. The van der Waals surface area contributed by atoms with Crippen molar-refractivity contribution < 1.29 is 9.90 Å².